The molecule has 0 saturated carbocycles. The lowest BCUT2D eigenvalue weighted by atomic mass is 10.1. The molecule has 4 N–H and O–H groups in total. The van der Waals surface area contributed by atoms with Crippen molar-refractivity contribution in [1.29, 1.82) is 0 Å². The van der Waals surface area contributed by atoms with Gasteiger partial charge in [-0.15, -0.1) is 0 Å². The molecule has 0 aliphatic rings. The van der Waals surface area contributed by atoms with Gasteiger partial charge in [-0.25, -0.2) is 0 Å². The number of hydrogen-bond acceptors (Lipinski definition) is 2. The maximum absolute atomic E-state index is 9.43. The number of H-pyrrole nitrogens is 1. The van der Waals surface area contributed by atoms with E-state index in [9.17, 15) is 5.11 Å². The minimum Gasteiger partial charge on any atom is -0.387 e. The monoisotopic (exact) mass is 154 g/mol. The minimum atomic E-state index is -0.527. The summed E-state index contributed by atoms with van der Waals surface area (Å²) < 4.78 is 0. The Kier molecular flexibility index (Phi) is 2.31. The van der Waals surface area contributed by atoms with Gasteiger partial charge in [-0.05, 0) is 19.4 Å². The number of aliphatic hydroxyl groups excluding tert-OH is 1. The summed E-state index contributed by atoms with van der Waals surface area (Å²) in [7, 11) is 0. The lowest BCUT2D eigenvalue weighted by Crippen LogP contribution is -2.12. The van der Waals surface area contributed by atoms with Crippen molar-refractivity contribution in [2.75, 3.05) is 6.54 Å². The van der Waals surface area contributed by atoms with Crippen LogP contribution in [0.15, 0.2) is 6.20 Å². The summed E-state index contributed by atoms with van der Waals surface area (Å²) in [5.41, 5.74) is 8.34. The molecule has 1 rings (SSSR count). The highest BCUT2D eigenvalue weighted by molar-refractivity contribution is 5.31. The Labute approximate surface area is 66.2 Å². The van der Waals surface area contributed by atoms with E-state index in [1.807, 2.05) is 20.0 Å². The SMILES string of the molecule is Cc1c[nH]c(C)c1C(O)CN. The van der Waals surface area contributed by atoms with E-state index in [1.165, 1.54) is 0 Å². The van der Waals surface area contributed by atoms with E-state index in [2.05, 4.69) is 4.98 Å². The van der Waals surface area contributed by atoms with Gasteiger partial charge in [0.05, 0.1) is 6.10 Å². The molecule has 1 aromatic heterocycles. The molecule has 0 spiro atoms. The fourth-order valence-corrected chi connectivity index (χ4v) is 1.30. The first-order valence-electron chi connectivity index (χ1n) is 3.69. The third kappa shape index (κ3) is 1.44. The van der Waals surface area contributed by atoms with Crippen LogP contribution in [0.1, 0.15) is 22.9 Å². The standard InChI is InChI=1S/C8H14N2O/c1-5-4-10-6(2)8(5)7(11)3-9/h4,7,10-11H,3,9H2,1-2H3. The van der Waals surface area contributed by atoms with Gasteiger partial charge in [0.25, 0.3) is 0 Å². The zero-order valence-electron chi connectivity index (χ0n) is 6.89. The molecule has 1 heterocycles. The van der Waals surface area contributed by atoms with Gasteiger partial charge in [0.2, 0.25) is 0 Å². The molecule has 1 unspecified atom stereocenters. The van der Waals surface area contributed by atoms with Crippen LogP contribution < -0.4 is 5.73 Å². The van der Waals surface area contributed by atoms with Crippen LogP contribution in [0.5, 0.6) is 0 Å². The highest BCUT2D eigenvalue weighted by Crippen LogP contribution is 2.19. The molecule has 11 heavy (non-hydrogen) atoms. The number of nitrogens with two attached hydrogens (primary N) is 1. The van der Waals surface area contributed by atoms with Gasteiger partial charge >= 0.3 is 0 Å². The molecular weight excluding hydrogens is 140 g/mol. The molecule has 0 radical (unpaired) electrons. The van der Waals surface area contributed by atoms with Crippen molar-refractivity contribution >= 4 is 0 Å². The summed E-state index contributed by atoms with van der Waals surface area (Å²) in [5.74, 6) is 0. The predicted octanol–water partition coefficient (Wildman–Crippen LogP) is 0.624. The van der Waals surface area contributed by atoms with Crippen LogP contribution in [0, 0.1) is 13.8 Å². The van der Waals surface area contributed by atoms with Gasteiger partial charge < -0.3 is 15.8 Å². The topological polar surface area (TPSA) is 62.0 Å². The number of aliphatic hydroxyl groups is 1. The summed E-state index contributed by atoms with van der Waals surface area (Å²) in [5, 5.41) is 9.43. The van der Waals surface area contributed by atoms with Crippen molar-refractivity contribution in [1.82, 2.24) is 4.98 Å². The Morgan fingerprint density at radius 3 is 2.64 bits per heavy atom. The second-order valence-corrected chi connectivity index (χ2v) is 2.76. The first kappa shape index (κ1) is 8.30. The Balaban J connectivity index is 3.00. The normalized spacial score (nSPS) is 13.5. The van der Waals surface area contributed by atoms with Crippen LogP contribution in [-0.2, 0) is 0 Å². The van der Waals surface area contributed by atoms with E-state index in [-0.39, 0.29) is 6.54 Å². The molecule has 1 atom stereocenters. The van der Waals surface area contributed by atoms with E-state index in [0.29, 0.717) is 0 Å². The highest BCUT2D eigenvalue weighted by Gasteiger charge is 2.11. The number of aromatic amines is 1. The van der Waals surface area contributed by atoms with Crippen LogP contribution in [0.4, 0.5) is 0 Å². The molecule has 62 valence electrons. The van der Waals surface area contributed by atoms with E-state index < -0.39 is 6.10 Å². The van der Waals surface area contributed by atoms with Crippen LogP contribution >= 0.6 is 0 Å². The predicted molar refractivity (Wildman–Crippen MR) is 44.3 cm³/mol. The molecule has 0 fully saturated rings. The van der Waals surface area contributed by atoms with Crippen LogP contribution in [0.3, 0.4) is 0 Å². The van der Waals surface area contributed by atoms with Crippen LogP contribution in [-0.4, -0.2) is 16.6 Å². The second kappa shape index (κ2) is 3.07. The lowest BCUT2D eigenvalue weighted by Gasteiger charge is -2.08. The van der Waals surface area contributed by atoms with Crippen molar-refractivity contribution in [3.05, 3.63) is 23.0 Å². The number of aromatic nitrogens is 1. The largest absolute Gasteiger partial charge is 0.387 e. The van der Waals surface area contributed by atoms with Gasteiger partial charge in [0.1, 0.15) is 0 Å². The second-order valence-electron chi connectivity index (χ2n) is 2.76. The molecule has 0 aliphatic carbocycles. The fourth-order valence-electron chi connectivity index (χ4n) is 1.30. The quantitative estimate of drug-likeness (QED) is 0.585. The van der Waals surface area contributed by atoms with Gasteiger partial charge in [0, 0.05) is 24.0 Å². The number of nitrogens with one attached hydrogen (secondary N) is 1. The maximum atomic E-state index is 9.43. The summed E-state index contributed by atoms with van der Waals surface area (Å²) in [6.07, 6.45) is 1.35. The van der Waals surface area contributed by atoms with Crippen LogP contribution in [0.25, 0.3) is 0 Å². The lowest BCUT2D eigenvalue weighted by molar-refractivity contribution is 0.185. The third-order valence-corrected chi connectivity index (χ3v) is 1.89. The summed E-state index contributed by atoms with van der Waals surface area (Å²) in [4.78, 5) is 3.04. The first-order valence-corrected chi connectivity index (χ1v) is 3.69. The summed E-state index contributed by atoms with van der Waals surface area (Å²) in [6, 6.07) is 0. The number of hydrogen-bond donors (Lipinski definition) is 3. The highest BCUT2D eigenvalue weighted by atomic mass is 16.3. The summed E-state index contributed by atoms with van der Waals surface area (Å²) in [6.45, 7) is 4.17. The average Bonchev–Trinajstić information content (AvgIpc) is 2.30. The molecule has 1 aromatic rings. The molecular formula is C8H14N2O. The molecule has 0 bridgehead atoms. The van der Waals surface area contributed by atoms with Crippen molar-refractivity contribution in [2.24, 2.45) is 5.73 Å². The molecule has 0 aromatic carbocycles. The molecule has 0 saturated heterocycles. The smallest absolute Gasteiger partial charge is 0.0931 e. The zero-order chi connectivity index (χ0) is 8.43. The van der Waals surface area contributed by atoms with Gasteiger partial charge in [0.15, 0.2) is 0 Å². The third-order valence-electron chi connectivity index (χ3n) is 1.89. The van der Waals surface area contributed by atoms with Gasteiger partial charge in [-0.1, -0.05) is 0 Å². The van der Waals surface area contributed by atoms with Crippen molar-refractivity contribution in [3.63, 3.8) is 0 Å². The van der Waals surface area contributed by atoms with Gasteiger partial charge in [-0.3, -0.25) is 0 Å². The molecule has 0 aliphatic heterocycles. The van der Waals surface area contributed by atoms with Crippen molar-refractivity contribution in [3.8, 4) is 0 Å². The molecule has 3 nitrogen and oxygen atoms in total. The minimum absolute atomic E-state index is 0.277. The van der Waals surface area contributed by atoms with E-state index >= 15 is 0 Å². The van der Waals surface area contributed by atoms with E-state index in [4.69, 9.17) is 5.73 Å². The number of rotatable bonds is 2. The average molecular weight is 154 g/mol. The Bertz CT molecular complexity index is 223. The Hall–Kier alpha value is -0.800. The number of aryl methyl sites for hydroxylation is 2. The first-order chi connectivity index (χ1) is 5.16. The maximum Gasteiger partial charge on any atom is 0.0931 e. The molecule has 3 heteroatoms. The zero-order valence-corrected chi connectivity index (χ0v) is 6.89. The fraction of sp³-hybridized carbons (Fsp3) is 0.500. The van der Waals surface area contributed by atoms with E-state index in [1.54, 1.807) is 0 Å². The summed E-state index contributed by atoms with van der Waals surface area (Å²) >= 11 is 0. The Morgan fingerprint density at radius 2 is 2.27 bits per heavy atom. The van der Waals surface area contributed by atoms with Crippen molar-refractivity contribution in [2.45, 2.75) is 20.0 Å². The van der Waals surface area contributed by atoms with E-state index in [0.717, 1.165) is 16.8 Å². The Morgan fingerprint density at radius 1 is 1.64 bits per heavy atom. The van der Waals surface area contributed by atoms with Gasteiger partial charge in [-0.2, -0.15) is 0 Å². The molecule has 0 amide bonds. The van der Waals surface area contributed by atoms with Crippen LogP contribution in [0.2, 0.25) is 0 Å². The van der Waals surface area contributed by atoms with Crippen molar-refractivity contribution < 1.29 is 5.11 Å².